The molecular weight excluding hydrogens is 180 g/mol. The van der Waals surface area contributed by atoms with Crippen LogP contribution in [-0.4, -0.2) is 5.97 Å². The second-order valence-electron chi connectivity index (χ2n) is 3.19. The molecule has 0 saturated carbocycles. The zero-order valence-corrected chi connectivity index (χ0v) is 8.03. The Bertz CT molecular complexity index is 482. The fourth-order valence-electron chi connectivity index (χ4n) is 1.35. The lowest BCUT2D eigenvalue weighted by molar-refractivity contribution is -0.131. The SMILES string of the molecule is CC(=O)Oc1coc2ccc(C)cc12. The lowest BCUT2D eigenvalue weighted by Gasteiger charge is -1.97. The summed E-state index contributed by atoms with van der Waals surface area (Å²) in [6, 6.07) is 5.73. The number of furan rings is 1. The predicted molar refractivity (Wildman–Crippen MR) is 52.3 cm³/mol. The van der Waals surface area contributed by atoms with E-state index in [-0.39, 0.29) is 5.97 Å². The van der Waals surface area contributed by atoms with Crippen molar-refractivity contribution in [2.24, 2.45) is 0 Å². The zero-order chi connectivity index (χ0) is 10.1. The van der Waals surface area contributed by atoms with Crippen LogP contribution in [0.3, 0.4) is 0 Å². The second-order valence-corrected chi connectivity index (χ2v) is 3.19. The quantitative estimate of drug-likeness (QED) is 0.649. The number of carbonyl (C=O) groups is 1. The van der Waals surface area contributed by atoms with Gasteiger partial charge in [-0.2, -0.15) is 0 Å². The molecule has 0 aliphatic heterocycles. The molecule has 1 aromatic carbocycles. The van der Waals surface area contributed by atoms with E-state index >= 15 is 0 Å². The van der Waals surface area contributed by atoms with Crippen LogP contribution in [0, 0.1) is 6.92 Å². The Kier molecular flexibility index (Phi) is 2.00. The van der Waals surface area contributed by atoms with Crippen LogP contribution >= 0.6 is 0 Å². The first-order chi connectivity index (χ1) is 6.66. The van der Waals surface area contributed by atoms with Gasteiger partial charge in [0.1, 0.15) is 11.8 Å². The molecule has 72 valence electrons. The van der Waals surface area contributed by atoms with Crippen molar-refractivity contribution in [3.63, 3.8) is 0 Å². The number of rotatable bonds is 1. The van der Waals surface area contributed by atoms with Gasteiger partial charge in [0, 0.05) is 6.92 Å². The van der Waals surface area contributed by atoms with E-state index in [1.807, 2.05) is 25.1 Å². The molecule has 2 aromatic rings. The van der Waals surface area contributed by atoms with Crippen molar-refractivity contribution < 1.29 is 13.9 Å². The lowest BCUT2D eigenvalue weighted by atomic mass is 10.2. The first-order valence-electron chi connectivity index (χ1n) is 4.33. The Labute approximate surface area is 81.3 Å². The van der Waals surface area contributed by atoms with Crippen molar-refractivity contribution in [1.29, 1.82) is 0 Å². The van der Waals surface area contributed by atoms with Crippen molar-refractivity contribution in [1.82, 2.24) is 0 Å². The maximum Gasteiger partial charge on any atom is 0.308 e. The third-order valence-corrected chi connectivity index (χ3v) is 1.95. The summed E-state index contributed by atoms with van der Waals surface area (Å²) in [6.07, 6.45) is 1.45. The highest BCUT2D eigenvalue weighted by Gasteiger charge is 2.08. The summed E-state index contributed by atoms with van der Waals surface area (Å²) in [6.45, 7) is 3.35. The van der Waals surface area contributed by atoms with Gasteiger partial charge in [0.2, 0.25) is 0 Å². The van der Waals surface area contributed by atoms with Crippen LogP contribution in [0.4, 0.5) is 0 Å². The second kappa shape index (κ2) is 3.18. The number of benzene rings is 1. The summed E-state index contributed by atoms with van der Waals surface area (Å²) in [5.41, 5.74) is 1.83. The van der Waals surface area contributed by atoms with Crippen LogP contribution in [-0.2, 0) is 4.79 Å². The van der Waals surface area contributed by atoms with Crippen LogP contribution in [0.15, 0.2) is 28.9 Å². The third-order valence-electron chi connectivity index (χ3n) is 1.95. The summed E-state index contributed by atoms with van der Waals surface area (Å²) < 4.78 is 10.2. The molecule has 1 heterocycles. The van der Waals surface area contributed by atoms with Gasteiger partial charge in [-0.25, -0.2) is 0 Å². The molecule has 0 radical (unpaired) electrons. The molecule has 0 aliphatic rings. The molecule has 0 saturated heterocycles. The molecule has 3 heteroatoms. The number of hydrogen-bond acceptors (Lipinski definition) is 3. The number of ether oxygens (including phenoxy) is 1. The third kappa shape index (κ3) is 1.48. The van der Waals surface area contributed by atoms with Gasteiger partial charge < -0.3 is 9.15 Å². The van der Waals surface area contributed by atoms with Crippen molar-refractivity contribution in [2.45, 2.75) is 13.8 Å². The van der Waals surface area contributed by atoms with E-state index in [2.05, 4.69) is 0 Å². The standard InChI is InChI=1S/C11H10O3/c1-7-3-4-10-9(5-7)11(6-13-10)14-8(2)12/h3-6H,1-2H3. The van der Waals surface area contributed by atoms with Crippen LogP contribution in [0.1, 0.15) is 12.5 Å². The highest BCUT2D eigenvalue weighted by molar-refractivity contribution is 5.87. The summed E-state index contributed by atoms with van der Waals surface area (Å²) >= 11 is 0. The van der Waals surface area contributed by atoms with Gasteiger partial charge in [-0.05, 0) is 19.1 Å². The number of aryl methyl sites for hydroxylation is 1. The van der Waals surface area contributed by atoms with Gasteiger partial charge >= 0.3 is 5.97 Å². The maximum atomic E-state index is 10.8. The van der Waals surface area contributed by atoms with Gasteiger partial charge in [0.05, 0.1) is 5.39 Å². The minimum absolute atomic E-state index is 0.339. The smallest absolute Gasteiger partial charge is 0.308 e. The average molecular weight is 190 g/mol. The average Bonchev–Trinajstić information content (AvgIpc) is 2.47. The summed E-state index contributed by atoms with van der Waals surface area (Å²) in [4.78, 5) is 10.8. The van der Waals surface area contributed by atoms with Crippen molar-refractivity contribution in [3.8, 4) is 5.75 Å². The number of hydrogen-bond donors (Lipinski definition) is 0. The van der Waals surface area contributed by atoms with Crippen LogP contribution in [0.5, 0.6) is 5.75 Å². The molecule has 0 aliphatic carbocycles. The van der Waals surface area contributed by atoms with E-state index in [1.165, 1.54) is 13.2 Å². The summed E-state index contributed by atoms with van der Waals surface area (Å²) in [7, 11) is 0. The van der Waals surface area contributed by atoms with E-state index in [9.17, 15) is 4.79 Å². The molecule has 0 atom stereocenters. The Morgan fingerprint density at radius 2 is 2.21 bits per heavy atom. The van der Waals surface area contributed by atoms with Crippen LogP contribution in [0.25, 0.3) is 11.0 Å². The Morgan fingerprint density at radius 1 is 1.43 bits per heavy atom. The van der Waals surface area contributed by atoms with E-state index in [0.29, 0.717) is 5.75 Å². The van der Waals surface area contributed by atoms with Crippen molar-refractivity contribution >= 4 is 16.9 Å². The summed E-state index contributed by atoms with van der Waals surface area (Å²) in [5.74, 6) is 0.144. The molecule has 3 nitrogen and oxygen atoms in total. The molecule has 0 bridgehead atoms. The van der Waals surface area contributed by atoms with Gasteiger partial charge in [-0.1, -0.05) is 11.6 Å². The summed E-state index contributed by atoms with van der Waals surface area (Å²) in [5, 5.41) is 0.834. The first-order valence-corrected chi connectivity index (χ1v) is 4.33. The largest absolute Gasteiger partial charge is 0.460 e. The van der Waals surface area contributed by atoms with Crippen LogP contribution in [0.2, 0.25) is 0 Å². The molecule has 0 amide bonds. The molecule has 0 spiro atoms. The van der Waals surface area contributed by atoms with E-state index in [1.54, 1.807) is 0 Å². The molecular formula is C11H10O3. The number of fused-ring (bicyclic) bond motifs is 1. The Morgan fingerprint density at radius 3 is 2.93 bits per heavy atom. The zero-order valence-electron chi connectivity index (χ0n) is 8.03. The Hall–Kier alpha value is -1.77. The molecule has 0 N–H and O–H groups in total. The van der Waals surface area contributed by atoms with E-state index in [0.717, 1.165) is 16.5 Å². The monoisotopic (exact) mass is 190 g/mol. The topological polar surface area (TPSA) is 39.4 Å². The molecule has 0 fully saturated rings. The van der Waals surface area contributed by atoms with Crippen LogP contribution < -0.4 is 4.74 Å². The highest BCUT2D eigenvalue weighted by atomic mass is 16.5. The molecule has 2 rings (SSSR count). The maximum absolute atomic E-state index is 10.8. The number of esters is 1. The first kappa shape index (κ1) is 8.81. The van der Waals surface area contributed by atoms with Gasteiger partial charge in [-0.15, -0.1) is 0 Å². The fourth-order valence-corrected chi connectivity index (χ4v) is 1.35. The highest BCUT2D eigenvalue weighted by Crippen LogP contribution is 2.28. The van der Waals surface area contributed by atoms with E-state index in [4.69, 9.17) is 9.15 Å². The number of carbonyl (C=O) groups excluding carboxylic acids is 1. The predicted octanol–water partition coefficient (Wildman–Crippen LogP) is 2.67. The minimum Gasteiger partial charge on any atom is -0.460 e. The lowest BCUT2D eigenvalue weighted by Crippen LogP contribution is -2.00. The van der Waals surface area contributed by atoms with E-state index < -0.39 is 0 Å². The Balaban J connectivity index is 2.55. The van der Waals surface area contributed by atoms with Gasteiger partial charge in [0.25, 0.3) is 0 Å². The molecule has 0 unspecified atom stereocenters. The van der Waals surface area contributed by atoms with Crippen molar-refractivity contribution in [2.75, 3.05) is 0 Å². The van der Waals surface area contributed by atoms with Crippen molar-refractivity contribution in [3.05, 3.63) is 30.0 Å². The normalized spacial score (nSPS) is 10.4. The van der Waals surface area contributed by atoms with Gasteiger partial charge in [0.15, 0.2) is 5.75 Å². The molecule has 1 aromatic heterocycles. The molecule has 14 heavy (non-hydrogen) atoms. The fraction of sp³-hybridized carbons (Fsp3) is 0.182. The minimum atomic E-state index is -0.339. The van der Waals surface area contributed by atoms with Gasteiger partial charge in [-0.3, -0.25) is 4.79 Å².